The Hall–Kier alpha value is -2.21. The lowest BCUT2D eigenvalue weighted by Gasteiger charge is -2.28. The molecule has 2 aromatic rings. The Morgan fingerprint density at radius 3 is 2.62 bits per heavy atom. The SMILES string of the molecule is CCNC(=NCC(O)COc1ccc(C(F)(F)F)cc1)NC1CCOc2ccccc21.I. The van der Waals surface area contributed by atoms with Gasteiger partial charge in [-0.3, -0.25) is 4.99 Å². The number of hydrogen-bond donors (Lipinski definition) is 3. The summed E-state index contributed by atoms with van der Waals surface area (Å²) in [4.78, 5) is 4.41. The molecule has 1 heterocycles. The largest absolute Gasteiger partial charge is 0.493 e. The van der Waals surface area contributed by atoms with Crippen molar-refractivity contribution in [3.63, 3.8) is 0 Å². The van der Waals surface area contributed by atoms with Crippen LogP contribution in [0.1, 0.15) is 30.5 Å². The molecule has 0 spiro atoms. The van der Waals surface area contributed by atoms with Crippen LogP contribution in [-0.2, 0) is 6.18 Å². The molecule has 0 aliphatic carbocycles. The summed E-state index contributed by atoms with van der Waals surface area (Å²) in [5, 5.41) is 16.7. The Balaban J connectivity index is 0.00000363. The highest BCUT2D eigenvalue weighted by atomic mass is 127. The number of nitrogens with one attached hydrogen (secondary N) is 2. The quantitative estimate of drug-likeness (QED) is 0.268. The second-order valence-corrected chi connectivity index (χ2v) is 7.08. The van der Waals surface area contributed by atoms with E-state index in [0.29, 0.717) is 19.1 Å². The van der Waals surface area contributed by atoms with Crippen molar-refractivity contribution in [3.8, 4) is 11.5 Å². The van der Waals surface area contributed by atoms with Gasteiger partial charge in [0.1, 0.15) is 24.2 Å². The average Bonchev–Trinajstić information content (AvgIpc) is 2.76. The number of ether oxygens (including phenoxy) is 2. The van der Waals surface area contributed by atoms with Gasteiger partial charge in [0.25, 0.3) is 0 Å². The monoisotopic (exact) mass is 565 g/mol. The van der Waals surface area contributed by atoms with Crippen LogP contribution in [-0.4, -0.2) is 43.5 Å². The van der Waals surface area contributed by atoms with Crippen LogP contribution >= 0.6 is 24.0 Å². The Kier molecular flexibility index (Phi) is 9.88. The molecular formula is C22H27F3IN3O3. The van der Waals surface area contributed by atoms with Gasteiger partial charge in [0.15, 0.2) is 5.96 Å². The molecule has 2 atom stereocenters. The van der Waals surface area contributed by atoms with Crippen LogP contribution in [0.15, 0.2) is 53.5 Å². The van der Waals surface area contributed by atoms with E-state index in [9.17, 15) is 18.3 Å². The molecular weight excluding hydrogens is 538 g/mol. The average molecular weight is 565 g/mol. The number of hydrogen-bond acceptors (Lipinski definition) is 4. The zero-order valence-corrected chi connectivity index (χ0v) is 19.9. The summed E-state index contributed by atoms with van der Waals surface area (Å²) in [7, 11) is 0. The van der Waals surface area contributed by atoms with Crippen LogP contribution in [0.25, 0.3) is 0 Å². The van der Waals surface area contributed by atoms with E-state index in [1.54, 1.807) is 0 Å². The number of fused-ring (bicyclic) bond motifs is 1. The minimum Gasteiger partial charge on any atom is -0.493 e. The number of aliphatic hydroxyl groups excluding tert-OH is 1. The summed E-state index contributed by atoms with van der Waals surface area (Å²) in [5.74, 6) is 1.64. The number of halogens is 4. The lowest BCUT2D eigenvalue weighted by molar-refractivity contribution is -0.137. The van der Waals surface area contributed by atoms with Crippen molar-refractivity contribution >= 4 is 29.9 Å². The first kappa shape index (κ1) is 26.0. The molecule has 32 heavy (non-hydrogen) atoms. The normalized spacial score (nSPS) is 16.8. The van der Waals surface area contributed by atoms with E-state index in [-0.39, 0.29) is 48.9 Å². The van der Waals surface area contributed by atoms with Crippen LogP contribution in [0, 0.1) is 0 Å². The standard InChI is InChI=1S/C22H26F3N3O3.HI/c1-2-26-21(28-19-11-12-30-20-6-4-3-5-18(19)20)27-13-16(29)14-31-17-9-7-15(8-10-17)22(23,24)25;/h3-10,16,19,29H,2,11-14H2,1H3,(H2,26,27,28);1H. The maximum absolute atomic E-state index is 12.6. The highest BCUT2D eigenvalue weighted by Crippen LogP contribution is 2.31. The predicted octanol–water partition coefficient (Wildman–Crippen LogP) is 4.14. The summed E-state index contributed by atoms with van der Waals surface area (Å²) < 4.78 is 48.9. The van der Waals surface area contributed by atoms with Crippen molar-refractivity contribution in [1.29, 1.82) is 0 Å². The van der Waals surface area contributed by atoms with Gasteiger partial charge in [-0.25, -0.2) is 0 Å². The molecule has 0 saturated carbocycles. The van der Waals surface area contributed by atoms with Crippen LogP contribution in [0.3, 0.4) is 0 Å². The summed E-state index contributed by atoms with van der Waals surface area (Å²) in [6, 6.07) is 12.2. The second kappa shape index (κ2) is 12.1. The summed E-state index contributed by atoms with van der Waals surface area (Å²) >= 11 is 0. The number of aliphatic imine (C=N–C) groups is 1. The van der Waals surface area contributed by atoms with Crippen LogP contribution in [0.2, 0.25) is 0 Å². The molecule has 0 bridgehead atoms. The number of nitrogens with zero attached hydrogens (tertiary/aromatic N) is 1. The number of rotatable bonds is 7. The number of alkyl halides is 3. The second-order valence-electron chi connectivity index (χ2n) is 7.08. The third-order valence-corrected chi connectivity index (χ3v) is 4.70. The first-order chi connectivity index (χ1) is 14.9. The molecule has 6 nitrogen and oxygen atoms in total. The molecule has 1 aliphatic heterocycles. The minimum atomic E-state index is -4.40. The van der Waals surface area contributed by atoms with Gasteiger partial charge in [-0.2, -0.15) is 13.2 Å². The van der Waals surface area contributed by atoms with Crippen molar-refractivity contribution in [3.05, 3.63) is 59.7 Å². The van der Waals surface area contributed by atoms with Gasteiger partial charge in [0.2, 0.25) is 0 Å². The lowest BCUT2D eigenvalue weighted by Crippen LogP contribution is -2.41. The van der Waals surface area contributed by atoms with Gasteiger partial charge in [-0.05, 0) is 37.3 Å². The van der Waals surface area contributed by atoms with Gasteiger partial charge < -0.3 is 25.2 Å². The third kappa shape index (κ3) is 7.44. The molecule has 0 fully saturated rings. The predicted molar refractivity (Wildman–Crippen MR) is 127 cm³/mol. The molecule has 3 N–H and O–H groups in total. The van der Waals surface area contributed by atoms with E-state index in [2.05, 4.69) is 15.6 Å². The van der Waals surface area contributed by atoms with E-state index in [4.69, 9.17) is 9.47 Å². The smallest absolute Gasteiger partial charge is 0.416 e. The van der Waals surface area contributed by atoms with Gasteiger partial charge in [-0.1, -0.05) is 18.2 Å². The summed E-state index contributed by atoms with van der Waals surface area (Å²) in [5.41, 5.74) is 0.298. The van der Waals surface area contributed by atoms with Crippen molar-refractivity contribution in [2.75, 3.05) is 26.3 Å². The molecule has 1 aliphatic rings. The van der Waals surface area contributed by atoms with Gasteiger partial charge in [-0.15, -0.1) is 24.0 Å². The minimum absolute atomic E-state index is 0. The fraction of sp³-hybridized carbons (Fsp3) is 0.409. The molecule has 2 aromatic carbocycles. The Bertz CT molecular complexity index is 879. The molecule has 176 valence electrons. The maximum atomic E-state index is 12.6. The molecule has 2 unspecified atom stereocenters. The Morgan fingerprint density at radius 1 is 1.22 bits per heavy atom. The fourth-order valence-corrected chi connectivity index (χ4v) is 3.16. The van der Waals surface area contributed by atoms with E-state index in [1.165, 1.54) is 12.1 Å². The van der Waals surface area contributed by atoms with E-state index in [0.717, 1.165) is 29.9 Å². The number of benzene rings is 2. The van der Waals surface area contributed by atoms with E-state index < -0.39 is 17.8 Å². The zero-order chi connectivity index (χ0) is 22.3. The molecule has 0 amide bonds. The van der Waals surface area contributed by atoms with E-state index in [1.807, 2.05) is 31.2 Å². The highest BCUT2D eigenvalue weighted by Gasteiger charge is 2.30. The molecule has 0 radical (unpaired) electrons. The lowest BCUT2D eigenvalue weighted by atomic mass is 10.0. The maximum Gasteiger partial charge on any atom is 0.416 e. The first-order valence-corrected chi connectivity index (χ1v) is 10.1. The van der Waals surface area contributed by atoms with Crippen LogP contribution in [0.4, 0.5) is 13.2 Å². The van der Waals surface area contributed by atoms with Gasteiger partial charge in [0, 0.05) is 18.5 Å². The van der Waals surface area contributed by atoms with Crippen LogP contribution in [0.5, 0.6) is 11.5 Å². The fourth-order valence-electron chi connectivity index (χ4n) is 3.16. The first-order valence-electron chi connectivity index (χ1n) is 10.1. The van der Waals surface area contributed by atoms with Gasteiger partial charge >= 0.3 is 6.18 Å². The molecule has 10 heteroatoms. The topological polar surface area (TPSA) is 75.1 Å². The third-order valence-electron chi connectivity index (χ3n) is 4.70. The number of aliphatic hydroxyl groups is 1. The Labute approximate surface area is 202 Å². The summed E-state index contributed by atoms with van der Waals surface area (Å²) in [6.07, 6.45) is -4.53. The zero-order valence-electron chi connectivity index (χ0n) is 17.6. The van der Waals surface area contributed by atoms with Gasteiger partial charge in [0.05, 0.1) is 24.8 Å². The number of para-hydroxylation sites is 1. The number of guanidine groups is 1. The van der Waals surface area contributed by atoms with Crippen LogP contribution < -0.4 is 20.1 Å². The van der Waals surface area contributed by atoms with Crippen molar-refractivity contribution in [2.24, 2.45) is 4.99 Å². The van der Waals surface area contributed by atoms with Crippen molar-refractivity contribution in [1.82, 2.24) is 10.6 Å². The van der Waals surface area contributed by atoms with Crippen molar-refractivity contribution in [2.45, 2.75) is 31.7 Å². The van der Waals surface area contributed by atoms with Crippen molar-refractivity contribution < 1.29 is 27.8 Å². The summed E-state index contributed by atoms with van der Waals surface area (Å²) in [6.45, 7) is 3.17. The molecule has 3 rings (SSSR count). The molecule has 0 aromatic heterocycles. The van der Waals surface area contributed by atoms with E-state index >= 15 is 0 Å². The molecule has 0 saturated heterocycles. The Morgan fingerprint density at radius 2 is 1.94 bits per heavy atom. The highest BCUT2D eigenvalue weighted by molar-refractivity contribution is 14.0.